The monoisotopic (exact) mass is 206 g/mol. The second-order valence-corrected chi connectivity index (χ2v) is 3.41. The first-order valence-electron chi connectivity index (χ1n) is 4.70. The Bertz CT molecular complexity index is 423. The Labute approximate surface area is 87.0 Å². The summed E-state index contributed by atoms with van der Waals surface area (Å²) < 4.78 is 17.7. The fourth-order valence-corrected chi connectivity index (χ4v) is 1.47. The van der Waals surface area contributed by atoms with Gasteiger partial charge in [0.25, 0.3) is 0 Å². The van der Waals surface area contributed by atoms with E-state index in [4.69, 9.17) is 4.42 Å². The van der Waals surface area contributed by atoms with Crippen LogP contribution >= 0.6 is 0 Å². The molecule has 0 saturated carbocycles. The van der Waals surface area contributed by atoms with Crippen molar-refractivity contribution in [3.05, 3.63) is 59.8 Å². The molecule has 2 aromatic rings. The summed E-state index contributed by atoms with van der Waals surface area (Å²) in [5.41, 5.74) is 1.47. The molecule has 0 amide bonds. The number of aliphatic hydroxyl groups excluding tert-OH is 1. The van der Waals surface area contributed by atoms with Crippen molar-refractivity contribution in [2.24, 2.45) is 0 Å². The van der Waals surface area contributed by atoms with Crippen molar-refractivity contribution >= 4 is 0 Å². The van der Waals surface area contributed by atoms with E-state index in [1.54, 1.807) is 18.2 Å². The number of hydrogen-bond donors (Lipinski definition) is 1. The minimum atomic E-state index is -0.648. The van der Waals surface area contributed by atoms with Gasteiger partial charge >= 0.3 is 0 Å². The van der Waals surface area contributed by atoms with Crippen LogP contribution in [0, 0.1) is 5.82 Å². The van der Waals surface area contributed by atoms with Gasteiger partial charge in [0.15, 0.2) is 0 Å². The summed E-state index contributed by atoms with van der Waals surface area (Å²) in [6, 6.07) is 7.92. The summed E-state index contributed by atoms with van der Waals surface area (Å²) >= 11 is 0. The SMILES string of the molecule is OC(Cc1cccc(F)c1)c1ccoc1. The molecule has 1 aromatic carbocycles. The zero-order valence-corrected chi connectivity index (χ0v) is 8.06. The van der Waals surface area contributed by atoms with E-state index >= 15 is 0 Å². The second-order valence-electron chi connectivity index (χ2n) is 3.41. The molecule has 3 heteroatoms. The standard InChI is InChI=1S/C12H11FO2/c13-11-3-1-2-9(6-11)7-12(14)10-4-5-15-8-10/h1-6,8,12,14H,7H2. The van der Waals surface area contributed by atoms with E-state index in [-0.39, 0.29) is 5.82 Å². The van der Waals surface area contributed by atoms with E-state index in [2.05, 4.69) is 0 Å². The number of rotatable bonds is 3. The van der Waals surface area contributed by atoms with Crippen LogP contribution in [0.4, 0.5) is 4.39 Å². The molecule has 0 aliphatic rings. The molecule has 0 fully saturated rings. The highest BCUT2D eigenvalue weighted by Gasteiger charge is 2.09. The van der Waals surface area contributed by atoms with Crippen LogP contribution in [0.5, 0.6) is 0 Å². The van der Waals surface area contributed by atoms with Gasteiger partial charge in [-0.3, -0.25) is 0 Å². The Balaban J connectivity index is 2.09. The molecule has 78 valence electrons. The van der Waals surface area contributed by atoms with E-state index in [9.17, 15) is 9.50 Å². The van der Waals surface area contributed by atoms with E-state index < -0.39 is 6.10 Å². The fourth-order valence-electron chi connectivity index (χ4n) is 1.47. The maximum Gasteiger partial charge on any atom is 0.123 e. The molecule has 2 nitrogen and oxygen atoms in total. The van der Waals surface area contributed by atoms with Gasteiger partial charge < -0.3 is 9.52 Å². The van der Waals surface area contributed by atoms with Crippen LogP contribution in [-0.4, -0.2) is 5.11 Å². The fraction of sp³-hybridized carbons (Fsp3) is 0.167. The van der Waals surface area contributed by atoms with Gasteiger partial charge in [0.05, 0.1) is 18.6 Å². The first-order chi connectivity index (χ1) is 7.25. The Morgan fingerprint density at radius 3 is 2.87 bits per heavy atom. The van der Waals surface area contributed by atoms with Crippen molar-refractivity contribution in [1.29, 1.82) is 0 Å². The number of hydrogen-bond acceptors (Lipinski definition) is 2. The Morgan fingerprint density at radius 1 is 1.33 bits per heavy atom. The first kappa shape index (κ1) is 9.93. The van der Waals surface area contributed by atoms with Crippen molar-refractivity contribution < 1.29 is 13.9 Å². The Kier molecular flexibility index (Phi) is 2.83. The molecule has 1 heterocycles. The third-order valence-corrected chi connectivity index (χ3v) is 2.25. The lowest BCUT2D eigenvalue weighted by Crippen LogP contribution is -2.00. The predicted molar refractivity (Wildman–Crippen MR) is 53.8 cm³/mol. The molecule has 0 aliphatic carbocycles. The highest BCUT2D eigenvalue weighted by Crippen LogP contribution is 2.18. The van der Waals surface area contributed by atoms with Crippen molar-refractivity contribution in [3.63, 3.8) is 0 Å². The Hall–Kier alpha value is -1.61. The van der Waals surface area contributed by atoms with E-state index in [0.29, 0.717) is 12.0 Å². The highest BCUT2D eigenvalue weighted by molar-refractivity contribution is 5.20. The van der Waals surface area contributed by atoms with Crippen LogP contribution in [0.1, 0.15) is 17.2 Å². The topological polar surface area (TPSA) is 33.4 Å². The third kappa shape index (κ3) is 2.44. The van der Waals surface area contributed by atoms with Crippen LogP contribution in [0.25, 0.3) is 0 Å². The summed E-state index contributed by atoms with van der Waals surface area (Å²) in [5, 5.41) is 9.77. The van der Waals surface area contributed by atoms with Crippen molar-refractivity contribution in [3.8, 4) is 0 Å². The second kappa shape index (κ2) is 4.28. The molecule has 0 aliphatic heterocycles. The molecular weight excluding hydrogens is 195 g/mol. The Morgan fingerprint density at radius 2 is 2.20 bits per heavy atom. The smallest absolute Gasteiger partial charge is 0.123 e. The molecule has 0 spiro atoms. The normalized spacial score (nSPS) is 12.7. The van der Waals surface area contributed by atoms with Gasteiger partial charge in [0.2, 0.25) is 0 Å². The summed E-state index contributed by atoms with van der Waals surface area (Å²) in [5.74, 6) is -0.285. The van der Waals surface area contributed by atoms with Gasteiger partial charge in [-0.05, 0) is 23.8 Å². The molecule has 1 N–H and O–H groups in total. The molecule has 0 radical (unpaired) electrons. The van der Waals surface area contributed by atoms with E-state index in [1.807, 2.05) is 0 Å². The predicted octanol–water partition coefficient (Wildman–Crippen LogP) is 2.69. The highest BCUT2D eigenvalue weighted by atomic mass is 19.1. The summed E-state index contributed by atoms with van der Waals surface area (Å²) in [4.78, 5) is 0. The van der Waals surface area contributed by atoms with Crippen LogP contribution in [0.2, 0.25) is 0 Å². The lowest BCUT2D eigenvalue weighted by atomic mass is 10.0. The zero-order valence-electron chi connectivity index (χ0n) is 8.06. The van der Waals surface area contributed by atoms with Crippen LogP contribution in [-0.2, 0) is 6.42 Å². The average molecular weight is 206 g/mol. The minimum Gasteiger partial charge on any atom is -0.472 e. The van der Waals surface area contributed by atoms with Gasteiger partial charge in [0.1, 0.15) is 5.82 Å². The summed E-state index contributed by atoms with van der Waals surface area (Å²) in [6.07, 6.45) is 2.73. The van der Waals surface area contributed by atoms with Gasteiger partial charge in [-0.1, -0.05) is 12.1 Å². The molecule has 15 heavy (non-hydrogen) atoms. The van der Waals surface area contributed by atoms with Gasteiger partial charge in [0, 0.05) is 12.0 Å². The largest absolute Gasteiger partial charge is 0.472 e. The van der Waals surface area contributed by atoms with Crippen molar-refractivity contribution in [2.45, 2.75) is 12.5 Å². The molecule has 1 unspecified atom stereocenters. The lowest BCUT2D eigenvalue weighted by Gasteiger charge is -2.07. The average Bonchev–Trinajstić information content (AvgIpc) is 2.70. The van der Waals surface area contributed by atoms with Crippen LogP contribution in [0.15, 0.2) is 47.3 Å². The van der Waals surface area contributed by atoms with Crippen molar-refractivity contribution in [1.82, 2.24) is 0 Å². The number of furan rings is 1. The quantitative estimate of drug-likeness (QED) is 0.837. The molecular formula is C12H11FO2. The molecule has 1 aromatic heterocycles. The van der Waals surface area contributed by atoms with E-state index in [0.717, 1.165) is 5.56 Å². The first-order valence-corrected chi connectivity index (χ1v) is 4.70. The number of halogens is 1. The molecule has 1 atom stereocenters. The van der Waals surface area contributed by atoms with E-state index in [1.165, 1.54) is 24.7 Å². The zero-order chi connectivity index (χ0) is 10.7. The van der Waals surface area contributed by atoms with Crippen LogP contribution < -0.4 is 0 Å². The summed E-state index contributed by atoms with van der Waals surface area (Å²) in [7, 11) is 0. The van der Waals surface area contributed by atoms with Gasteiger partial charge in [-0.15, -0.1) is 0 Å². The maximum atomic E-state index is 12.9. The molecule has 2 rings (SSSR count). The van der Waals surface area contributed by atoms with Gasteiger partial charge in [-0.2, -0.15) is 0 Å². The number of benzene rings is 1. The van der Waals surface area contributed by atoms with Crippen molar-refractivity contribution in [2.75, 3.05) is 0 Å². The number of aliphatic hydroxyl groups is 1. The summed E-state index contributed by atoms with van der Waals surface area (Å²) in [6.45, 7) is 0. The van der Waals surface area contributed by atoms with Crippen LogP contribution in [0.3, 0.4) is 0 Å². The maximum absolute atomic E-state index is 12.9. The third-order valence-electron chi connectivity index (χ3n) is 2.25. The van der Waals surface area contributed by atoms with Gasteiger partial charge in [-0.25, -0.2) is 4.39 Å². The molecule has 0 bridgehead atoms. The minimum absolute atomic E-state index is 0.285. The lowest BCUT2D eigenvalue weighted by molar-refractivity contribution is 0.177. The molecule has 0 saturated heterocycles.